The second-order valence-electron chi connectivity index (χ2n) is 3.68. The minimum atomic E-state index is 0.495. The molecule has 3 nitrogen and oxygen atoms in total. The summed E-state index contributed by atoms with van der Waals surface area (Å²) in [7, 11) is 1.61. The fourth-order valence-electron chi connectivity index (χ4n) is 1.64. The van der Waals surface area contributed by atoms with Gasteiger partial charge in [-0.2, -0.15) is 0 Å². The van der Waals surface area contributed by atoms with Crippen molar-refractivity contribution in [1.29, 1.82) is 0 Å². The Labute approximate surface area is 110 Å². The number of hydrogen-bond donors (Lipinski definition) is 1. The Morgan fingerprint density at radius 2 is 1.50 bits per heavy atom. The number of nitrogens with zero attached hydrogens (tertiary/aromatic N) is 1. The van der Waals surface area contributed by atoms with E-state index in [4.69, 9.17) is 21.5 Å². The second-order valence-corrected chi connectivity index (χ2v) is 4.12. The van der Waals surface area contributed by atoms with Gasteiger partial charge >= 0.3 is 0 Å². The topological polar surface area (TPSA) is 41.8 Å². The molecule has 0 bridgehead atoms. The quantitative estimate of drug-likeness (QED) is 0.521. The maximum absolute atomic E-state index is 9.15. The highest BCUT2D eigenvalue weighted by molar-refractivity contribution is 6.30. The lowest BCUT2D eigenvalue weighted by molar-refractivity contribution is 0.319. The first-order valence-electron chi connectivity index (χ1n) is 5.37. The largest absolute Gasteiger partial charge is 0.497 e. The Morgan fingerprint density at radius 3 is 1.94 bits per heavy atom. The van der Waals surface area contributed by atoms with Crippen molar-refractivity contribution >= 4 is 17.3 Å². The molecular weight excluding hydrogens is 250 g/mol. The molecular formula is C14H12ClNO2. The highest BCUT2D eigenvalue weighted by Gasteiger charge is 2.07. The first-order chi connectivity index (χ1) is 8.74. The van der Waals surface area contributed by atoms with Gasteiger partial charge in [-0.1, -0.05) is 28.9 Å². The first kappa shape index (κ1) is 12.5. The summed E-state index contributed by atoms with van der Waals surface area (Å²) in [5.74, 6) is 0.757. The number of hydrogen-bond acceptors (Lipinski definition) is 3. The smallest absolute Gasteiger partial charge is 0.118 e. The Balaban J connectivity index is 2.36. The standard InChI is InChI=1S/C14H12ClNO2/c1-18-13-8-4-11(5-9-13)14(16-17)10-2-6-12(15)7-3-10/h2-9,17H,1H3/b16-14+. The average Bonchev–Trinajstić information content (AvgIpc) is 2.42. The molecule has 0 aliphatic carbocycles. The summed E-state index contributed by atoms with van der Waals surface area (Å²) in [4.78, 5) is 0. The van der Waals surface area contributed by atoms with Gasteiger partial charge in [0.2, 0.25) is 0 Å². The van der Waals surface area contributed by atoms with E-state index in [2.05, 4.69) is 5.16 Å². The van der Waals surface area contributed by atoms with Crippen molar-refractivity contribution in [3.05, 3.63) is 64.7 Å². The molecule has 92 valence electrons. The third kappa shape index (κ3) is 2.63. The van der Waals surface area contributed by atoms with Crippen molar-refractivity contribution < 1.29 is 9.94 Å². The number of ether oxygens (including phenoxy) is 1. The molecule has 0 aliphatic heterocycles. The Kier molecular flexibility index (Phi) is 3.85. The van der Waals surface area contributed by atoms with E-state index in [1.54, 1.807) is 19.2 Å². The molecule has 0 saturated heterocycles. The van der Waals surface area contributed by atoms with Crippen LogP contribution in [0.1, 0.15) is 11.1 Å². The van der Waals surface area contributed by atoms with Crippen molar-refractivity contribution in [3.8, 4) is 5.75 Å². The maximum Gasteiger partial charge on any atom is 0.118 e. The zero-order valence-electron chi connectivity index (χ0n) is 9.80. The zero-order valence-corrected chi connectivity index (χ0v) is 10.6. The zero-order chi connectivity index (χ0) is 13.0. The van der Waals surface area contributed by atoms with Gasteiger partial charge < -0.3 is 9.94 Å². The third-order valence-electron chi connectivity index (χ3n) is 2.58. The van der Waals surface area contributed by atoms with E-state index in [9.17, 15) is 0 Å². The summed E-state index contributed by atoms with van der Waals surface area (Å²) in [5, 5.41) is 13.1. The lowest BCUT2D eigenvalue weighted by atomic mass is 10.0. The number of oxime groups is 1. The highest BCUT2D eigenvalue weighted by atomic mass is 35.5. The molecule has 18 heavy (non-hydrogen) atoms. The van der Waals surface area contributed by atoms with E-state index in [0.717, 1.165) is 16.9 Å². The van der Waals surface area contributed by atoms with Crippen molar-refractivity contribution in [2.45, 2.75) is 0 Å². The lowest BCUT2D eigenvalue weighted by Gasteiger charge is -2.06. The minimum absolute atomic E-state index is 0.495. The van der Waals surface area contributed by atoms with E-state index in [-0.39, 0.29) is 0 Å². The number of methoxy groups -OCH3 is 1. The van der Waals surface area contributed by atoms with Crippen LogP contribution in [-0.2, 0) is 0 Å². The van der Waals surface area contributed by atoms with Crippen molar-refractivity contribution in [2.75, 3.05) is 7.11 Å². The summed E-state index contributed by atoms with van der Waals surface area (Å²) >= 11 is 5.83. The van der Waals surface area contributed by atoms with Crippen LogP contribution < -0.4 is 4.74 Å². The monoisotopic (exact) mass is 261 g/mol. The molecule has 2 aromatic carbocycles. The summed E-state index contributed by atoms with van der Waals surface area (Å²) in [6.45, 7) is 0. The van der Waals surface area contributed by atoms with E-state index in [0.29, 0.717) is 10.7 Å². The summed E-state index contributed by atoms with van der Waals surface area (Å²) < 4.78 is 5.08. The van der Waals surface area contributed by atoms with Gasteiger partial charge in [0.25, 0.3) is 0 Å². The summed E-state index contributed by atoms with van der Waals surface area (Å²) in [5.41, 5.74) is 2.10. The van der Waals surface area contributed by atoms with E-state index in [1.807, 2.05) is 36.4 Å². The normalized spacial score (nSPS) is 11.3. The SMILES string of the molecule is COc1ccc(/C(=N/O)c2ccc(Cl)cc2)cc1. The Hall–Kier alpha value is -2.00. The fraction of sp³-hybridized carbons (Fsp3) is 0.0714. The molecule has 0 atom stereocenters. The molecule has 0 radical (unpaired) electrons. The van der Waals surface area contributed by atoms with E-state index in [1.165, 1.54) is 0 Å². The van der Waals surface area contributed by atoms with Gasteiger partial charge in [0.1, 0.15) is 11.5 Å². The molecule has 0 spiro atoms. The molecule has 0 aliphatic rings. The molecule has 2 aromatic rings. The molecule has 0 unspecified atom stereocenters. The van der Waals surface area contributed by atoms with Gasteiger partial charge in [-0.15, -0.1) is 0 Å². The van der Waals surface area contributed by atoms with Gasteiger partial charge in [0.05, 0.1) is 7.11 Å². The van der Waals surface area contributed by atoms with E-state index < -0.39 is 0 Å². The molecule has 2 rings (SSSR count). The van der Waals surface area contributed by atoms with Crippen LogP contribution >= 0.6 is 11.6 Å². The van der Waals surface area contributed by atoms with Crippen LogP contribution in [0.25, 0.3) is 0 Å². The second kappa shape index (κ2) is 5.56. The lowest BCUT2D eigenvalue weighted by Crippen LogP contribution is -2.03. The van der Waals surface area contributed by atoms with Crippen LogP contribution in [0.15, 0.2) is 53.7 Å². The van der Waals surface area contributed by atoms with Crippen LogP contribution in [0.4, 0.5) is 0 Å². The predicted octanol–water partition coefficient (Wildman–Crippen LogP) is 3.58. The number of halogens is 1. The predicted molar refractivity (Wildman–Crippen MR) is 71.9 cm³/mol. The molecule has 0 aromatic heterocycles. The highest BCUT2D eigenvalue weighted by Crippen LogP contribution is 2.17. The van der Waals surface area contributed by atoms with Crippen LogP contribution in [0.3, 0.4) is 0 Å². The van der Waals surface area contributed by atoms with Gasteiger partial charge in [-0.25, -0.2) is 0 Å². The number of rotatable bonds is 3. The average molecular weight is 262 g/mol. The fourth-order valence-corrected chi connectivity index (χ4v) is 1.76. The maximum atomic E-state index is 9.15. The van der Waals surface area contributed by atoms with Gasteiger partial charge in [-0.3, -0.25) is 0 Å². The summed E-state index contributed by atoms with van der Waals surface area (Å²) in [6, 6.07) is 14.4. The van der Waals surface area contributed by atoms with Crippen molar-refractivity contribution in [3.63, 3.8) is 0 Å². The van der Waals surface area contributed by atoms with Crippen molar-refractivity contribution in [1.82, 2.24) is 0 Å². The van der Waals surface area contributed by atoms with Crippen molar-refractivity contribution in [2.24, 2.45) is 5.16 Å². The van der Waals surface area contributed by atoms with Crippen LogP contribution in [0, 0.1) is 0 Å². The minimum Gasteiger partial charge on any atom is -0.497 e. The summed E-state index contributed by atoms with van der Waals surface area (Å²) in [6.07, 6.45) is 0. The molecule has 0 fully saturated rings. The van der Waals surface area contributed by atoms with Gasteiger partial charge in [-0.05, 0) is 36.4 Å². The first-order valence-corrected chi connectivity index (χ1v) is 5.75. The molecule has 4 heteroatoms. The Morgan fingerprint density at radius 1 is 1.00 bits per heavy atom. The molecule has 0 amide bonds. The van der Waals surface area contributed by atoms with Gasteiger partial charge in [0.15, 0.2) is 0 Å². The van der Waals surface area contributed by atoms with Crippen LogP contribution in [-0.4, -0.2) is 18.0 Å². The Bertz CT molecular complexity index is 547. The molecule has 0 heterocycles. The van der Waals surface area contributed by atoms with Crippen LogP contribution in [0.5, 0.6) is 5.75 Å². The third-order valence-corrected chi connectivity index (χ3v) is 2.83. The van der Waals surface area contributed by atoms with Crippen LogP contribution in [0.2, 0.25) is 5.02 Å². The molecule has 0 saturated carbocycles. The number of benzene rings is 2. The molecule has 1 N–H and O–H groups in total. The van der Waals surface area contributed by atoms with E-state index >= 15 is 0 Å². The van der Waals surface area contributed by atoms with Gasteiger partial charge in [0, 0.05) is 16.1 Å².